The lowest BCUT2D eigenvalue weighted by molar-refractivity contribution is -0.385. The normalized spacial score (nSPS) is 16.2. The van der Waals surface area contributed by atoms with Gasteiger partial charge in [0.15, 0.2) is 0 Å². The van der Waals surface area contributed by atoms with Crippen molar-refractivity contribution in [1.82, 2.24) is 9.97 Å². The number of carbonyl (C=O) groups is 1. The lowest BCUT2D eigenvalue weighted by atomic mass is 9.97. The van der Waals surface area contributed by atoms with Gasteiger partial charge in [0.05, 0.1) is 18.0 Å². The van der Waals surface area contributed by atoms with Crippen LogP contribution in [0.5, 0.6) is 0 Å². The number of methoxy groups -OCH3 is 1. The average Bonchev–Trinajstić information content (AvgIpc) is 2.46. The molecule has 8 nitrogen and oxygen atoms in total. The van der Waals surface area contributed by atoms with Crippen LogP contribution in [0.25, 0.3) is 0 Å². The number of ether oxygens (including phenoxy) is 1. The predicted octanol–water partition coefficient (Wildman–Crippen LogP) is 0.774. The van der Waals surface area contributed by atoms with Gasteiger partial charge in [-0.2, -0.15) is 0 Å². The fourth-order valence-electron chi connectivity index (χ4n) is 2.05. The number of nitro groups is 1. The van der Waals surface area contributed by atoms with Gasteiger partial charge in [0, 0.05) is 13.1 Å². The number of rotatable bonds is 3. The molecule has 1 aromatic heterocycles. The summed E-state index contributed by atoms with van der Waals surface area (Å²) in [6, 6.07) is 0. The minimum absolute atomic E-state index is 0.0840. The number of hydrogen-bond acceptors (Lipinski definition) is 7. The summed E-state index contributed by atoms with van der Waals surface area (Å²) in [6.07, 6.45) is 3.73. The van der Waals surface area contributed by atoms with Crippen LogP contribution in [0.4, 0.5) is 11.6 Å². The van der Waals surface area contributed by atoms with Crippen molar-refractivity contribution in [2.75, 3.05) is 25.1 Å². The SMILES string of the molecule is COC(=O)C1CCN(c2ncc([N+](=O)[O-])cn2)CC1. The fraction of sp³-hybridized carbons (Fsp3) is 0.545. The molecule has 8 heteroatoms. The van der Waals surface area contributed by atoms with Crippen molar-refractivity contribution >= 4 is 17.6 Å². The minimum atomic E-state index is -0.534. The smallest absolute Gasteiger partial charge is 0.308 e. The summed E-state index contributed by atoms with van der Waals surface area (Å²) in [4.78, 5) is 31.2. The Morgan fingerprint density at radius 3 is 2.47 bits per heavy atom. The molecule has 0 N–H and O–H groups in total. The second-order valence-corrected chi connectivity index (χ2v) is 4.28. The number of carbonyl (C=O) groups excluding carboxylic acids is 1. The molecular formula is C11H14N4O4. The van der Waals surface area contributed by atoms with Crippen LogP contribution >= 0.6 is 0 Å². The maximum Gasteiger partial charge on any atom is 0.308 e. The molecular weight excluding hydrogens is 252 g/mol. The standard InChI is InChI=1S/C11H14N4O4/c1-19-10(16)8-2-4-14(5-3-8)11-12-6-9(7-13-11)15(17)18/h6-8H,2-5H2,1H3. The third-order valence-electron chi connectivity index (χ3n) is 3.15. The molecule has 2 rings (SSSR count). The van der Waals surface area contributed by atoms with Crippen LogP contribution in [0.3, 0.4) is 0 Å². The molecule has 0 unspecified atom stereocenters. The molecule has 19 heavy (non-hydrogen) atoms. The van der Waals surface area contributed by atoms with E-state index in [4.69, 9.17) is 4.74 Å². The lowest BCUT2D eigenvalue weighted by Gasteiger charge is -2.30. The van der Waals surface area contributed by atoms with E-state index in [9.17, 15) is 14.9 Å². The molecule has 0 saturated carbocycles. The Labute approximate surface area is 109 Å². The van der Waals surface area contributed by atoms with E-state index in [1.54, 1.807) is 0 Å². The van der Waals surface area contributed by atoms with E-state index >= 15 is 0 Å². The van der Waals surface area contributed by atoms with Gasteiger partial charge in [-0.3, -0.25) is 14.9 Å². The molecule has 1 aromatic rings. The van der Waals surface area contributed by atoms with Gasteiger partial charge in [-0.15, -0.1) is 0 Å². The summed E-state index contributed by atoms with van der Waals surface area (Å²) >= 11 is 0. The summed E-state index contributed by atoms with van der Waals surface area (Å²) in [7, 11) is 1.38. The minimum Gasteiger partial charge on any atom is -0.469 e. The highest BCUT2D eigenvalue weighted by Crippen LogP contribution is 2.22. The molecule has 0 amide bonds. The Kier molecular flexibility index (Phi) is 3.88. The Bertz CT molecular complexity index is 468. The second kappa shape index (κ2) is 5.59. The second-order valence-electron chi connectivity index (χ2n) is 4.28. The van der Waals surface area contributed by atoms with E-state index < -0.39 is 4.92 Å². The summed E-state index contributed by atoms with van der Waals surface area (Å²) < 4.78 is 4.71. The fourth-order valence-corrected chi connectivity index (χ4v) is 2.05. The molecule has 1 saturated heterocycles. The van der Waals surface area contributed by atoms with E-state index in [1.165, 1.54) is 19.5 Å². The van der Waals surface area contributed by atoms with E-state index in [1.807, 2.05) is 4.90 Å². The van der Waals surface area contributed by atoms with Gasteiger partial charge in [0.2, 0.25) is 5.95 Å². The summed E-state index contributed by atoms with van der Waals surface area (Å²) in [5, 5.41) is 10.5. The van der Waals surface area contributed by atoms with E-state index in [2.05, 4.69) is 9.97 Å². The molecule has 0 spiro atoms. The number of nitrogens with zero attached hydrogens (tertiary/aromatic N) is 4. The zero-order chi connectivity index (χ0) is 13.8. The molecule has 1 fully saturated rings. The molecule has 0 aromatic carbocycles. The van der Waals surface area contributed by atoms with Crippen LogP contribution in [-0.4, -0.2) is 41.1 Å². The van der Waals surface area contributed by atoms with E-state index in [0.29, 0.717) is 31.9 Å². The predicted molar refractivity (Wildman–Crippen MR) is 65.6 cm³/mol. The zero-order valence-corrected chi connectivity index (χ0v) is 10.5. The van der Waals surface area contributed by atoms with Gasteiger partial charge in [-0.25, -0.2) is 9.97 Å². The highest BCUT2D eigenvalue weighted by Gasteiger charge is 2.26. The number of hydrogen-bond donors (Lipinski definition) is 0. The van der Waals surface area contributed by atoms with E-state index in [-0.39, 0.29) is 17.6 Å². The van der Waals surface area contributed by atoms with Crippen LogP contribution in [0.2, 0.25) is 0 Å². The van der Waals surface area contributed by atoms with Crippen molar-refractivity contribution < 1.29 is 14.5 Å². The highest BCUT2D eigenvalue weighted by molar-refractivity contribution is 5.72. The first-order valence-electron chi connectivity index (χ1n) is 5.91. The van der Waals surface area contributed by atoms with Crippen molar-refractivity contribution in [3.8, 4) is 0 Å². The summed E-state index contributed by atoms with van der Waals surface area (Å²) in [5.41, 5.74) is -0.131. The largest absolute Gasteiger partial charge is 0.469 e. The van der Waals surface area contributed by atoms with Gasteiger partial charge < -0.3 is 9.64 Å². The molecule has 2 heterocycles. The van der Waals surface area contributed by atoms with Crippen LogP contribution in [0.15, 0.2) is 12.4 Å². The molecule has 0 radical (unpaired) electrons. The maximum atomic E-state index is 11.4. The number of anilines is 1. The molecule has 1 aliphatic rings. The Balaban J connectivity index is 1.97. The van der Waals surface area contributed by atoms with Gasteiger partial charge in [-0.1, -0.05) is 0 Å². The van der Waals surface area contributed by atoms with Gasteiger partial charge in [0.1, 0.15) is 12.4 Å². The maximum absolute atomic E-state index is 11.4. The van der Waals surface area contributed by atoms with Gasteiger partial charge >= 0.3 is 11.7 Å². The van der Waals surface area contributed by atoms with Crippen molar-refractivity contribution in [2.45, 2.75) is 12.8 Å². The summed E-state index contributed by atoms with van der Waals surface area (Å²) in [5.74, 6) is 0.178. The van der Waals surface area contributed by atoms with Crippen molar-refractivity contribution in [1.29, 1.82) is 0 Å². The quantitative estimate of drug-likeness (QED) is 0.452. The van der Waals surface area contributed by atoms with E-state index in [0.717, 1.165) is 0 Å². The number of esters is 1. The van der Waals surface area contributed by atoms with Crippen molar-refractivity contribution in [3.05, 3.63) is 22.5 Å². The first kappa shape index (κ1) is 13.2. The van der Waals surface area contributed by atoms with Crippen LogP contribution < -0.4 is 4.90 Å². The molecule has 102 valence electrons. The average molecular weight is 266 g/mol. The first-order valence-corrected chi connectivity index (χ1v) is 5.91. The first-order chi connectivity index (χ1) is 9.11. The monoisotopic (exact) mass is 266 g/mol. The number of piperidine rings is 1. The van der Waals surface area contributed by atoms with Crippen LogP contribution in [-0.2, 0) is 9.53 Å². The molecule has 0 bridgehead atoms. The molecule has 0 aliphatic carbocycles. The Hall–Kier alpha value is -2.25. The Morgan fingerprint density at radius 2 is 2.00 bits per heavy atom. The van der Waals surface area contributed by atoms with Gasteiger partial charge in [0.25, 0.3) is 0 Å². The van der Waals surface area contributed by atoms with Crippen molar-refractivity contribution in [2.24, 2.45) is 5.92 Å². The van der Waals surface area contributed by atoms with Crippen molar-refractivity contribution in [3.63, 3.8) is 0 Å². The third-order valence-corrected chi connectivity index (χ3v) is 3.15. The molecule has 1 aliphatic heterocycles. The molecule has 0 atom stereocenters. The van der Waals surface area contributed by atoms with Crippen LogP contribution in [0, 0.1) is 16.0 Å². The topological polar surface area (TPSA) is 98.5 Å². The Morgan fingerprint density at radius 1 is 1.42 bits per heavy atom. The van der Waals surface area contributed by atoms with Gasteiger partial charge in [-0.05, 0) is 12.8 Å². The highest BCUT2D eigenvalue weighted by atomic mass is 16.6. The lowest BCUT2D eigenvalue weighted by Crippen LogP contribution is -2.37. The zero-order valence-electron chi connectivity index (χ0n) is 10.5. The third kappa shape index (κ3) is 2.95. The van der Waals surface area contributed by atoms with Crippen LogP contribution in [0.1, 0.15) is 12.8 Å². The summed E-state index contributed by atoms with van der Waals surface area (Å²) in [6.45, 7) is 1.27. The number of aromatic nitrogens is 2.